The molecule has 3 rings (SSSR count). The lowest BCUT2D eigenvalue weighted by atomic mass is 10.2. The third-order valence-corrected chi connectivity index (χ3v) is 5.40. The van der Waals surface area contributed by atoms with Gasteiger partial charge in [-0.3, -0.25) is 14.9 Å². The summed E-state index contributed by atoms with van der Waals surface area (Å²) in [6, 6.07) is 6.72. The van der Waals surface area contributed by atoms with Crippen molar-refractivity contribution in [3.05, 3.63) is 57.0 Å². The van der Waals surface area contributed by atoms with E-state index in [0.717, 1.165) is 17.1 Å². The predicted molar refractivity (Wildman–Crippen MR) is 101 cm³/mol. The van der Waals surface area contributed by atoms with Crippen LogP contribution in [0, 0.1) is 6.92 Å². The van der Waals surface area contributed by atoms with Crippen molar-refractivity contribution in [2.24, 2.45) is 0 Å². The molecule has 0 atom stereocenters. The van der Waals surface area contributed by atoms with Gasteiger partial charge in [0.25, 0.3) is 11.8 Å². The van der Waals surface area contributed by atoms with Crippen molar-refractivity contribution in [3.8, 4) is 0 Å². The number of rotatable bonds is 5. The third kappa shape index (κ3) is 4.09. The van der Waals surface area contributed by atoms with Crippen LogP contribution in [0.3, 0.4) is 0 Å². The Hall–Kier alpha value is -2.58. The molecule has 0 bridgehead atoms. The molecule has 0 saturated heterocycles. The molecule has 0 saturated carbocycles. The van der Waals surface area contributed by atoms with Crippen molar-refractivity contribution < 1.29 is 9.59 Å². The van der Waals surface area contributed by atoms with Crippen LogP contribution in [0.1, 0.15) is 37.7 Å². The van der Waals surface area contributed by atoms with Crippen molar-refractivity contribution in [2.45, 2.75) is 20.3 Å². The molecule has 6 nitrogen and oxygen atoms in total. The van der Waals surface area contributed by atoms with E-state index >= 15 is 0 Å². The zero-order valence-electron chi connectivity index (χ0n) is 13.7. The average molecular weight is 372 g/mol. The van der Waals surface area contributed by atoms with E-state index in [4.69, 9.17) is 0 Å². The molecule has 2 amide bonds. The second-order valence-corrected chi connectivity index (χ2v) is 7.18. The Kier molecular flexibility index (Phi) is 5.20. The quantitative estimate of drug-likeness (QED) is 0.710. The number of thiazole rings is 2. The summed E-state index contributed by atoms with van der Waals surface area (Å²) in [4.78, 5) is 33.5. The van der Waals surface area contributed by atoms with Crippen LogP contribution in [0.15, 0.2) is 35.8 Å². The van der Waals surface area contributed by atoms with Crippen LogP contribution in [0.25, 0.3) is 0 Å². The smallest absolute Gasteiger partial charge is 0.267 e. The van der Waals surface area contributed by atoms with Crippen molar-refractivity contribution >= 4 is 45.3 Å². The second kappa shape index (κ2) is 7.54. The number of hydrogen-bond acceptors (Lipinski definition) is 6. The van der Waals surface area contributed by atoms with Gasteiger partial charge >= 0.3 is 0 Å². The fraction of sp³-hybridized carbons (Fsp3) is 0.176. The van der Waals surface area contributed by atoms with Crippen LogP contribution in [0.2, 0.25) is 0 Å². The number of nitrogens with zero attached hydrogens (tertiary/aromatic N) is 2. The number of aromatic nitrogens is 2. The number of benzene rings is 1. The topological polar surface area (TPSA) is 84.0 Å². The van der Waals surface area contributed by atoms with E-state index in [1.165, 1.54) is 22.7 Å². The molecule has 2 aromatic heterocycles. The molecule has 0 unspecified atom stereocenters. The van der Waals surface area contributed by atoms with E-state index < -0.39 is 0 Å². The van der Waals surface area contributed by atoms with E-state index in [1.807, 2.05) is 13.8 Å². The third-order valence-electron chi connectivity index (χ3n) is 3.41. The Morgan fingerprint density at radius 3 is 2.48 bits per heavy atom. The molecule has 2 N–H and O–H groups in total. The summed E-state index contributed by atoms with van der Waals surface area (Å²) >= 11 is 2.76. The molecule has 0 radical (unpaired) electrons. The van der Waals surface area contributed by atoms with Crippen LogP contribution < -0.4 is 10.6 Å². The van der Waals surface area contributed by atoms with Gasteiger partial charge in [-0.15, -0.1) is 22.7 Å². The number of nitrogens with one attached hydrogen (secondary N) is 2. The van der Waals surface area contributed by atoms with Crippen molar-refractivity contribution in [3.63, 3.8) is 0 Å². The highest BCUT2D eigenvalue weighted by Gasteiger charge is 2.15. The first-order valence-electron chi connectivity index (χ1n) is 7.65. The van der Waals surface area contributed by atoms with E-state index in [2.05, 4.69) is 20.6 Å². The standard InChI is InChI=1S/C17H16N4O2S2/c1-3-13-19-10(2)14(25-13)16(23)20-12-6-4-11(5-7-12)15(22)21-17-18-8-9-24-17/h4-9H,3H2,1-2H3,(H,20,23)(H,18,21,22). The lowest BCUT2D eigenvalue weighted by molar-refractivity contribution is 0.102. The Bertz CT molecular complexity index is 886. The highest BCUT2D eigenvalue weighted by Crippen LogP contribution is 2.21. The maximum atomic E-state index is 12.4. The number of carbonyl (C=O) groups excluding carboxylic acids is 2. The van der Waals surface area contributed by atoms with Gasteiger partial charge < -0.3 is 5.32 Å². The average Bonchev–Trinajstić information content (AvgIpc) is 3.24. The summed E-state index contributed by atoms with van der Waals surface area (Å²) in [5.74, 6) is -0.423. The summed E-state index contributed by atoms with van der Waals surface area (Å²) in [5.41, 5.74) is 1.86. The van der Waals surface area contributed by atoms with Crippen LogP contribution in [-0.2, 0) is 6.42 Å². The van der Waals surface area contributed by atoms with Gasteiger partial charge in [0, 0.05) is 22.8 Å². The molecule has 0 fully saturated rings. The lowest BCUT2D eigenvalue weighted by Crippen LogP contribution is -2.13. The normalized spacial score (nSPS) is 10.5. The Balaban J connectivity index is 1.66. The first-order chi connectivity index (χ1) is 12.1. The molecular weight excluding hydrogens is 356 g/mol. The van der Waals surface area contributed by atoms with Gasteiger partial charge in [0.1, 0.15) is 4.88 Å². The molecule has 3 aromatic rings. The number of hydrogen-bond donors (Lipinski definition) is 2. The van der Waals surface area contributed by atoms with Crippen LogP contribution in [0.4, 0.5) is 10.8 Å². The molecule has 25 heavy (non-hydrogen) atoms. The fourth-order valence-corrected chi connectivity index (χ4v) is 3.59. The van der Waals surface area contributed by atoms with E-state index in [-0.39, 0.29) is 11.8 Å². The van der Waals surface area contributed by atoms with Crippen LogP contribution in [0.5, 0.6) is 0 Å². The zero-order valence-corrected chi connectivity index (χ0v) is 15.3. The van der Waals surface area contributed by atoms with Crippen LogP contribution >= 0.6 is 22.7 Å². The summed E-state index contributed by atoms with van der Waals surface area (Å²) in [7, 11) is 0. The SMILES string of the molecule is CCc1nc(C)c(C(=O)Nc2ccc(C(=O)Nc3nccs3)cc2)s1. The summed E-state index contributed by atoms with van der Waals surface area (Å²) in [6.45, 7) is 3.84. The highest BCUT2D eigenvalue weighted by atomic mass is 32.1. The van der Waals surface area contributed by atoms with Gasteiger partial charge in [-0.2, -0.15) is 0 Å². The van der Waals surface area contributed by atoms with Crippen LogP contribution in [-0.4, -0.2) is 21.8 Å². The molecule has 2 heterocycles. The van der Waals surface area contributed by atoms with Gasteiger partial charge in [0.2, 0.25) is 0 Å². The number of aryl methyl sites for hydroxylation is 2. The van der Waals surface area contributed by atoms with Crippen molar-refractivity contribution in [1.29, 1.82) is 0 Å². The highest BCUT2D eigenvalue weighted by molar-refractivity contribution is 7.14. The minimum absolute atomic E-state index is 0.185. The summed E-state index contributed by atoms with van der Waals surface area (Å²) < 4.78 is 0. The second-order valence-electron chi connectivity index (χ2n) is 5.20. The first kappa shape index (κ1) is 17.2. The maximum Gasteiger partial charge on any atom is 0.267 e. The summed E-state index contributed by atoms with van der Waals surface area (Å²) in [6.07, 6.45) is 2.44. The molecule has 128 valence electrons. The van der Waals surface area contributed by atoms with E-state index in [0.29, 0.717) is 21.3 Å². The zero-order chi connectivity index (χ0) is 17.8. The van der Waals surface area contributed by atoms with Crippen molar-refractivity contribution in [1.82, 2.24) is 9.97 Å². The minimum Gasteiger partial charge on any atom is -0.321 e. The van der Waals surface area contributed by atoms with Gasteiger partial charge in [-0.25, -0.2) is 9.97 Å². The Labute approximate surface area is 153 Å². The Morgan fingerprint density at radius 2 is 1.88 bits per heavy atom. The monoisotopic (exact) mass is 372 g/mol. The molecule has 1 aromatic carbocycles. The van der Waals surface area contributed by atoms with Gasteiger partial charge in [-0.1, -0.05) is 6.92 Å². The maximum absolute atomic E-state index is 12.4. The largest absolute Gasteiger partial charge is 0.321 e. The van der Waals surface area contributed by atoms with Gasteiger partial charge in [-0.05, 0) is 37.6 Å². The molecule has 0 aliphatic rings. The van der Waals surface area contributed by atoms with E-state index in [9.17, 15) is 9.59 Å². The number of carbonyl (C=O) groups is 2. The fourth-order valence-electron chi connectivity index (χ4n) is 2.16. The lowest BCUT2D eigenvalue weighted by Gasteiger charge is -2.06. The summed E-state index contributed by atoms with van der Waals surface area (Å²) in [5, 5.41) is 8.84. The predicted octanol–water partition coefficient (Wildman–Crippen LogP) is 3.98. The molecule has 0 spiro atoms. The first-order valence-corrected chi connectivity index (χ1v) is 9.35. The molecule has 0 aliphatic carbocycles. The number of amides is 2. The van der Waals surface area contributed by atoms with Gasteiger partial charge in [0.05, 0.1) is 10.7 Å². The van der Waals surface area contributed by atoms with Crippen molar-refractivity contribution in [2.75, 3.05) is 10.6 Å². The molecule has 0 aliphatic heterocycles. The van der Waals surface area contributed by atoms with E-state index in [1.54, 1.807) is 35.8 Å². The molecule has 8 heteroatoms. The Morgan fingerprint density at radius 1 is 1.12 bits per heavy atom. The number of anilines is 2. The van der Waals surface area contributed by atoms with Gasteiger partial charge in [0.15, 0.2) is 5.13 Å². The molecular formula is C17H16N4O2S2. The minimum atomic E-state index is -0.237.